The highest BCUT2D eigenvalue weighted by atomic mass is 32.2. The number of nitrogens with two attached hydrogens (primary N) is 1. The highest BCUT2D eigenvalue weighted by molar-refractivity contribution is 7.91. The van der Waals surface area contributed by atoms with Crippen molar-refractivity contribution in [2.24, 2.45) is 5.73 Å². The molecule has 0 bridgehead atoms. The first-order valence-corrected chi connectivity index (χ1v) is 7.76. The molecular formula is C15H16FNO2S. The van der Waals surface area contributed by atoms with Gasteiger partial charge in [0.1, 0.15) is 11.1 Å². The molecule has 2 N–H and O–H groups in total. The van der Waals surface area contributed by atoms with Crippen LogP contribution < -0.4 is 5.73 Å². The highest BCUT2D eigenvalue weighted by Crippen LogP contribution is 2.28. The number of halogens is 1. The lowest BCUT2D eigenvalue weighted by atomic mass is 10.1. The Morgan fingerprint density at radius 2 is 1.60 bits per heavy atom. The first kappa shape index (κ1) is 14.7. The van der Waals surface area contributed by atoms with E-state index in [0.717, 1.165) is 5.56 Å². The molecule has 2 aromatic rings. The van der Waals surface area contributed by atoms with E-state index in [1.54, 1.807) is 24.3 Å². The normalized spacial score (nSPS) is 13.2. The minimum Gasteiger partial charge on any atom is -0.329 e. The molecule has 1 atom stereocenters. The molecule has 0 amide bonds. The Morgan fingerprint density at radius 1 is 1.05 bits per heavy atom. The second-order valence-electron chi connectivity index (χ2n) is 4.63. The van der Waals surface area contributed by atoms with Crippen LogP contribution in [0.15, 0.2) is 53.4 Å². The van der Waals surface area contributed by atoms with Crippen LogP contribution in [0.3, 0.4) is 0 Å². The molecule has 0 unspecified atom stereocenters. The standard InChI is InChI=1S/C15H16FNO2S/c1-11-2-8-14(9-3-11)20(18,19)15(10-17)12-4-6-13(16)7-5-12/h2-9,15H,10,17H2,1H3/t15-/m0/s1. The zero-order chi connectivity index (χ0) is 14.8. The maximum atomic E-state index is 12.9. The predicted octanol–water partition coefficient (Wildman–Crippen LogP) is 2.61. The molecule has 0 fully saturated rings. The van der Waals surface area contributed by atoms with Crippen LogP contribution in [-0.4, -0.2) is 15.0 Å². The predicted molar refractivity (Wildman–Crippen MR) is 76.6 cm³/mol. The van der Waals surface area contributed by atoms with E-state index in [2.05, 4.69) is 0 Å². The van der Waals surface area contributed by atoms with E-state index in [-0.39, 0.29) is 11.4 Å². The van der Waals surface area contributed by atoms with Crippen LogP contribution in [0.25, 0.3) is 0 Å². The molecule has 2 aromatic carbocycles. The third-order valence-corrected chi connectivity index (χ3v) is 5.32. The molecule has 0 aliphatic heterocycles. The molecule has 20 heavy (non-hydrogen) atoms. The van der Waals surface area contributed by atoms with Crippen LogP contribution >= 0.6 is 0 Å². The third-order valence-electron chi connectivity index (χ3n) is 3.18. The van der Waals surface area contributed by atoms with E-state index < -0.39 is 20.9 Å². The van der Waals surface area contributed by atoms with Gasteiger partial charge in [0.25, 0.3) is 0 Å². The molecule has 0 saturated carbocycles. The Bertz CT molecular complexity index is 679. The van der Waals surface area contributed by atoms with Gasteiger partial charge in [-0.3, -0.25) is 0 Å². The fourth-order valence-corrected chi connectivity index (χ4v) is 3.62. The molecule has 2 rings (SSSR count). The van der Waals surface area contributed by atoms with E-state index in [9.17, 15) is 12.8 Å². The van der Waals surface area contributed by atoms with Crippen molar-refractivity contribution >= 4 is 9.84 Å². The first-order valence-electron chi connectivity index (χ1n) is 6.21. The molecule has 3 nitrogen and oxygen atoms in total. The van der Waals surface area contributed by atoms with Crippen molar-refractivity contribution in [3.63, 3.8) is 0 Å². The fourth-order valence-electron chi connectivity index (χ4n) is 2.01. The monoisotopic (exact) mass is 293 g/mol. The summed E-state index contributed by atoms with van der Waals surface area (Å²) in [5, 5.41) is -0.870. The van der Waals surface area contributed by atoms with Crippen molar-refractivity contribution in [3.05, 3.63) is 65.5 Å². The van der Waals surface area contributed by atoms with E-state index in [4.69, 9.17) is 5.73 Å². The molecule has 0 aliphatic rings. The smallest absolute Gasteiger partial charge is 0.186 e. The quantitative estimate of drug-likeness (QED) is 0.942. The summed E-state index contributed by atoms with van der Waals surface area (Å²) < 4.78 is 38.1. The Kier molecular flexibility index (Phi) is 4.20. The maximum absolute atomic E-state index is 12.9. The van der Waals surface area contributed by atoms with Crippen molar-refractivity contribution in [1.29, 1.82) is 0 Å². The van der Waals surface area contributed by atoms with E-state index in [1.807, 2.05) is 6.92 Å². The first-order chi connectivity index (χ1) is 9.45. The number of aryl methyl sites for hydroxylation is 1. The molecular weight excluding hydrogens is 277 g/mol. The number of benzene rings is 2. The Labute approximate surface area is 118 Å². The molecule has 0 saturated heterocycles. The Balaban J connectivity index is 2.44. The Morgan fingerprint density at radius 3 is 2.10 bits per heavy atom. The fraction of sp³-hybridized carbons (Fsp3) is 0.200. The van der Waals surface area contributed by atoms with Gasteiger partial charge in [0, 0.05) is 6.54 Å². The number of rotatable bonds is 4. The van der Waals surface area contributed by atoms with E-state index >= 15 is 0 Å². The minimum atomic E-state index is -3.58. The minimum absolute atomic E-state index is 0.0537. The SMILES string of the molecule is Cc1ccc(S(=O)(=O)[C@@H](CN)c2ccc(F)cc2)cc1. The van der Waals surface area contributed by atoms with Gasteiger partial charge in [-0.15, -0.1) is 0 Å². The van der Waals surface area contributed by atoms with Gasteiger partial charge in [0.15, 0.2) is 9.84 Å². The third kappa shape index (κ3) is 2.89. The number of sulfone groups is 1. The topological polar surface area (TPSA) is 60.2 Å². The summed E-state index contributed by atoms with van der Waals surface area (Å²) in [6.07, 6.45) is 0. The second-order valence-corrected chi connectivity index (χ2v) is 6.76. The zero-order valence-electron chi connectivity index (χ0n) is 11.1. The average Bonchev–Trinajstić information content (AvgIpc) is 2.42. The molecule has 0 spiro atoms. The van der Waals surface area contributed by atoms with Gasteiger partial charge < -0.3 is 5.73 Å². The van der Waals surface area contributed by atoms with Gasteiger partial charge in [-0.25, -0.2) is 12.8 Å². The molecule has 0 aromatic heterocycles. The zero-order valence-corrected chi connectivity index (χ0v) is 11.9. The van der Waals surface area contributed by atoms with Crippen molar-refractivity contribution in [3.8, 4) is 0 Å². The summed E-state index contributed by atoms with van der Waals surface area (Å²) in [7, 11) is -3.58. The lowest BCUT2D eigenvalue weighted by molar-refractivity contribution is 0.581. The van der Waals surface area contributed by atoms with Gasteiger partial charge in [0.2, 0.25) is 0 Å². The Hall–Kier alpha value is -1.72. The van der Waals surface area contributed by atoms with Gasteiger partial charge in [0.05, 0.1) is 4.90 Å². The van der Waals surface area contributed by atoms with Gasteiger partial charge in [-0.1, -0.05) is 29.8 Å². The summed E-state index contributed by atoms with van der Waals surface area (Å²) in [5.41, 5.74) is 7.10. The van der Waals surface area contributed by atoms with Crippen LogP contribution in [0.4, 0.5) is 4.39 Å². The molecule has 0 aliphatic carbocycles. The van der Waals surface area contributed by atoms with Crippen molar-refractivity contribution in [1.82, 2.24) is 0 Å². The summed E-state index contributed by atoms with van der Waals surface area (Å²) >= 11 is 0. The highest BCUT2D eigenvalue weighted by Gasteiger charge is 2.27. The largest absolute Gasteiger partial charge is 0.329 e. The number of hydrogen-bond donors (Lipinski definition) is 1. The molecule has 106 valence electrons. The van der Waals surface area contributed by atoms with Crippen LogP contribution in [0, 0.1) is 12.7 Å². The summed E-state index contributed by atoms with van der Waals surface area (Å²) in [6.45, 7) is 1.83. The van der Waals surface area contributed by atoms with E-state index in [0.29, 0.717) is 5.56 Å². The molecule has 5 heteroatoms. The second kappa shape index (κ2) is 5.73. The van der Waals surface area contributed by atoms with Crippen molar-refractivity contribution in [2.75, 3.05) is 6.54 Å². The maximum Gasteiger partial charge on any atom is 0.186 e. The van der Waals surface area contributed by atoms with Crippen molar-refractivity contribution < 1.29 is 12.8 Å². The lowest BCUT2D eigenvalue weighted by Gasteiger charge is -2.16. The van der Waals surface area contributed by atoms with Gasteiger partial charge in [-0.05, 0) is 36.8 Å². The summed E-state index contributed by atoms with van der Waals surface area (Å²) in [6, 6.07) is 12.0. The van der Waals surface area contributed by atoms with Crippen LogP contribution in [0.1, 0.15) is 16.4 Å². The average molecular weight is 293 g/mol. The summed E-state index contributed by atoms with van der Waals surface area (Å²) in [5.74, 6) is -0.405. The lowest BCUT2D eigenvalue weighted by Crippen LogP contribution is -2.22. The summed E-state index contributed by atoms with van der Waals surface area (Å²) in [4.78, 5) is 0.225. The van der Waals surface area contributed by atoms with Crippen LogP contribution in [0.2, 0.25) is 0 Å². The number of hydrogen-bond acceptors (Lipinski definition) is 3. The van der Waals surface area contributed by atoms with Gasteiger partial charge >= 0.3 is 0 Å². The van der Waals surface area contributed by atoms with Crippen molar-refractivity contribution in [2.45, 2.75) is 17.1 Å². The van der Waals surface area contributed by atoms with E-state index in [1.165, 1.54) is 24.3 Å². The van der Waals surface area contributed by atoms with Crippen LogP contribution in [0.5, 0.6) is 0 Å². The van der Waals surface area contributed by atoms with Gasteiger partial charge in [-0.2, -0.15) is 0 Å². The molecule has 0 radical (unpaired) electrons. The van der Waals surface area contributed by atoms with Crippen LogP contribution in [-0.2, 0) is 9.84 Å². The molecule has 0 heterocycles.